The summed E-state index contributed by atoms with van der Waals surface area (Å²) in [6, 6.07) is 11.3. The first-order valence-corrected chi connectivity index (χ1v) is 9.02. The third kappa shape index (κ3) is 5.44. The number of halogens is 2. The number of carbonyl (C=O) groups is 2. The molecule has 0 spiro atoms. The van der Waals surface area contributed by atoms with E-state index < -0.39 is 12.1 Å². The van der Waals surface area contributed by atoms with Gasteiger partial charge in [0.1, 0.15) is 5.15 Å². The van der Waals surface area contributed by atoms with Gasteiger partial charge in [-0.25, -0.2) is 9.78 Å². The molecule has 0 aliphatic carbocycles. The predicted octanol–water partition coefficient (Wildman–Crippen LogP) is 4.24. The van der Waals surface area contributed by atoms with E-state index in [0.717, 1.165) is 12.0 Å². The predicted molar refractivity (Wildman–Crippen MR) is 102 cm³/mol. The summed E-state index contributed by atoms with van der Waals surface area (Å²) in [5.41, 5.74) is 1.29. The fourth-order valence-corrected chi connectivity index (χ4v) is 2.68. The van der Waals surface area contributed by atoms with Crippen LogP contribution >= 0.6 is 23.2 Å². The number of rotatable bonds is 7. The third-order valence-corrected chi connectivity index (χ3v) is 4.66. The van der Waals surface area contributed by atoms with Crippen LogP contribution in [0.15, 0.2) is 42.6 Å². The number of carbonyl (C=O) groups excluding carboxylic acids is 2. The minimum Gasteiger partial charge on any atom is -0.449 e. The molecule has 26 heavy (non-hydrogen) atoms. The molecule has 0 aliphatic heterocycles. The van der Waals surface area contributed by atoms with E-state index in [1.54, 1.807) is 0 Å². The molecule has 2 rings (SSSR count). The second kappa shape index (κ2) is 9.55. The van der Waals surface area contributed by atoms with E-state index in [2.05, 4.69) is 17.2 Å². The summed E-state index contributed by atoms with van der Waals surface area (Å²) >= 11 is 11.6. The summed E-state index contributed by atoms with van der Waals surface area (Å²) in [4.78, 5) is 28.1. The van der Waals surface area contributed by atoms with Crippen LogP contribution in [0, 0.1) is 0 Å². The number of hydrogen-bond donors (Lipinski definition) is 1. The fourth-order valence-electron chi connectivity index (χ4n) is 2.41. The smallest absolute Gasteiger partial charge is 0.340 e. The Hall–Kier alpha value is -2.11. The summed E-state index contributed by atoms with van der Waals surface area (Å²) in [7, 11) is 0. The van der Waals surface area contributed by atoms with E-state index in [4.69, 9.17) is 27.9 Å². The summed E-state index contributed by atoms with van der Waals surface area (Å²) in [6.45, 7) is 4.04. The monoisotopic (exact) mass is 394 g/mol. The second-order valence-electron chi connectivity index (χ2n) is 5.81. The van der Waals surface area contributed by atoms with E-state index in [1.807, 2.05) is 30.3 Å². The maximum Gasteiger partial charge on any atom is 0.340 e. The highest BCUT2D eigenvalue weighted by Gasteiger charge is 2.21. The molecule has 0 saturated heterocycles. The van der Waals surface area contributed by atoms with Crippen molar-refractivity contribution in [2.45, 2.75) is 32.3 Å². The van der Waals surface area contributed by atoms with Crippen molar-refractivity contribution in [2.75, 3.05) is 6.54 Å². The third-order valence-electron chi connectivity index (χ3n) is 3.97. The lowest BCUT2D eigenvalue weighted by Gasteiger charge is -2.18. The van der Waals surface area contributed by atoms with Gasteiger partial charge < -0.3 is 10.1 Å². The van der Waals surface area contributed by atoms with Gasteiger partial charge in [0.15, 0.2) is 6.10 Å². The van der Waals surface area contributed by atoms with Crippen LogP contribution in [0.3, 0.4) is 0 Å². The molecule has 1 aromatic carbocycles. The van der Waals surface area contributed by atoms with E-state index >= 15 is 0 Å². The quantitative estimate of drug-likeness (QED) is 0.562. The molecule has 1 N–H and O–H groups in total. The van der Waals surface area contributed by atoms with E-state index in [0.29, 0.717) is 6.54 Å². The Kier molecular flexibility index (Phi) is 7.42. The molecule has 0 bridgehead atoms. The summed E-state index contributed by atoms with van der Waals surface area (Å²) in [5, 5.41) is 3.07. The summed E-state index contributed by atoms with van der Waals surface area (Å²) in [5.74, 6) is -0.850. The highest BCUT2D eigenvalue weighted by atomic mass is 35.5. The van der Waals surface area contributed by atoms with E-state index in [-0.39, 0.29) is 27.6 Å². The maximum atomic E-state index is 12.2. The SMILES string of the molecule is CC[C@H](CNC(=O)[C@@H](C)OC(=O)c1cnc(Cl)c(Cl)c1)c1ccccc1. The van der Waals surface area contributed by atoms with Gasteiger partial charge in [0.25, 0.3) is 5.91 Å². The Morgan fingerprint density at radius 2 is 1.92 bits per heavy atom. The van der Waals surface area contributed by atoms with Gasteiger partial charge >= 0.3 is 5.97 Å². The maximum absolute atomic E-state index is 12.2. The average molecular weight is 395 g/mol. The number of pyridine rings is 1. The van der Waals surface area contributed by atoms with Crippen LogP contribution in [0.2, 0.25) is 10.2 Å². The Morgan fingerprint density at radius 1 is 1.23 bits per heavy atom. The number of ether oxygens (including phenoxy) is 1. The normalized spacial score (nSPS) is 12.9. The number of nitrogens with zero attached hydrogens (tertiary/aromatic N) is 1. The van der Waals surface area contributed by atoms with Gasteiger partial charge in [0, 0.05) is 18.7 Å². The molecule has 2 aromatic rings. The van der Waals surface area contributed by atoms with Crippen LogP contribution in [0.5, 0.6) is 0 Å². The second-order valence-corrected chi connectivity index (χ2v) is 6.57. The van der Waals surface area contributed by atoms with Crippen molar-refractivity contribution in [1.29, 1.82) is 0 Å². The number of hydrogen-bond acceptors (Lipinski definition) is 4. The van der Waals surface area contributed by atoms with Crippen LogP contribution < -0.4 is 5.32 Å². The van der Waals surface area contributed by atoms with Crippen LogP contribution in [0.4, 0.5) is 0 Å². The summed E-state index contributed by atoms with van der Waals surface area (Å²) in [6.07, 6.45) is 1.20. The van der Waals surface area contributed by atoms with Crippen LogP contribution in [0.1, 0.15) is 42.1 Å². The topological polar surface area (TPSA) is 68.3 Å². The lowest BCUT2D eigenvalue weighted by molar-refractivity contribution is -0.129. The number of aromatic nitrogens is 1. The molecule has 0 fully saturated rings. The van der Waals surface area contributed by atoms with Crippen LogP contribution in [0.25, 0.3) is 0 Å². The molecule has 1 aromatic heterocycles. The molecule has 138 valence electrons. The number of benzene rings is 1. The zero-order valence-corrected chi connectivity index (χ0v) is 16.1. The number of nitrogens with one attached hydrogen (secondary N) is 1. The number of amides is 1. The average Bonchev–Trinajstić information content (AvgIpc) is 2.65. The lowest BCUT2D eigenvalue weighted by Crippen LogP contribution is -2.38. The molecule has 0 aliphatic rings. The first kappa shape index (κ1) is 20.2. The van der Waals surface area contributed by atoms with Gasteiger partial charge in [-0.1, -0.05) is 60.5 Å². The Labute approximate surface area is 162 Å². The van der Waals surface area contributed by atoms with Crippen molar-refractivity contribution < 1.29 is 14.3 Å². The molecule has 5 nitrogen and oxygen atoms in total. The molecular formula is C19H20Cl2N2O3. The van der Waals surface area contributed by atoms with Crippen LogP contribution in [-0.4, -0.2) is 29.5 Å². The van der Waals surface area contributed by atoms with Crippen molar-refractivity contribution >= 4 is 35.1 Å². The Bertz CT molecular complexity index is 769. The van der Waals surface area contributed by atoms with E-state index in [9.17, 15) is 9.59 Å². The highest BCUT2D eigenvalue weighted by Crippen LogP contribution is 2.20. The molecular weight excluding hydrogens is 375 g/mol. The van der Waals surface area contributed by atoms with Crippen molar-refractivity contribution in [3.63, 3.8) is 0 Å². The molecule has 2 atom stereocenters. The molecule has 1 heterocycles. The van der Waals surface area contributed by atoms with E-state index in [1.165, 1.54) is 19.2 Å². The molecule has 7 heteroatoms. The Morgan fingerprint density at radius 3 is 2.54 bits per heavy atom. The van der Waals surface area contributed by atoms with Crippen molar-refractivity contribution in [3.05, 3.63) is 63.9 Å². The minimum absolute atomic E-state index is 0.0977. The van der Waals surface area contributed by atoms with Crippen molar-refractivity contribution in [3.8, 4) is 0 Å². The molecule has 0 unspecified atom stereocenters. The first-order chi connectivity index (χ1) is 12.4. The Balaban J connectivity index is 1.90. The standard InChI is InChI=1S/C19H20Cl2N2O3/c1-3-13(14-7-5-4-6-8-14)10-23-18(24)12(2)26-19(25)15-9-16(20)17(21)22-11-15/h4-9,11-13H,3,10H2,1-2H3,(H,23,24)/t12-,13-/m1/s1. The lowest BCUT2D eigenvalue weighted by atomic mass is 9.96. The largest absolute Gasteiger partial charge is 0.449 e. The summed E-state index contributed by atoms with van der Waals surface area (Å²) < 4.78 is 5.17. The van der Waals surface area contributed by atoms with Gasteiger partial charge in [-0.15, -0.1) is 0 Å². The van der Waals surface area contributed by atoms with Crippen molar-refractivity contribution in [1.82, 2.24) is 10.3 Å². The molecule has 0 saturated carbocycles. The van der Waals surface area contributed by atoms with Gasteiger partial charge in [0.2, 0.25) is 0 Å². The number of esters is 1. The first-order valence-electron chi connectivity index (χ1n) is 8.27. The molecule has 0 radical (unpaired) electrons. The molecule has 1 amide bonds. The zero-order valence-electron chi connectivity index (χ0n) is 14.5. The van der Waals surface area contributed by atoms with Gasteiger partial charge in [-0.2, -0.15) is 0 Å². The fraction of sp³-hybridized carbons (Fsp3) is 0.316. The zero-order chi connectivity index (χ0) is 19.1. The van der Waals surface area contributed by atoms with Gasteiger partial charge in [-0.05, 0) is 25.0 Å². The van der Waals surface area contributed by atoms with Gasteiger partial charge in [0.05, 0.1) is 10.6 Å². The van der Waals surface area contributed by atoms with Crippen LogP contribution in [-0.2, 0) is 9.53 Å². The van der Waals surface area contributed by atoms with Crippen molar-refractivity contribution in [2.24, 2.45) is 0 Å². The van der Waals surface area contributed by atoms with Gasteiger partial charge in [-0.3, -0.25) is 4.79 Å². The highest BCUT2D eigenvalue weighted by molar-refractivity contribution is 6.41. The minimum atomic E-state index is -0.940.